The van der Waals surface area contributed by atoms with Gasteiger partial charge in [-0.2, -0.15) is 4.57 Å². The van der Waals surface area contributed by atoms with Crippen LogP contribution in [0.15, 0.2) is 38.4 Å². The molecule has 1 aliphatic rings. The Balaban J connectivity index is 2.19. The second-order valence-corrected chi connectivity index (χ2v) is 9.35. The van der Waals surface area contributed by atoms with Gasteiger partial charge in [0.1, 0.15) is 4.32 Å². The second kappa shape index (κ2) is 6.34. The zero-order valence-electron chi connectivity index (χ0n) is 14.2. The molecule has 3 rings (SSSR count). The summed E-state index contributed by atoms with van der Waals surface area (Å²) in [6.07, 6.45) is -0.495. The molecule has 0 N–H and O–H groups in total. The fraction of sp³-hybridized carbons (Fsp3) is 0.438. The van der Waals surface area contributed by atoms with Gasteiger partial charge < -0.3 is 9.42 Å². The van der Waals surface area contributed by atoms with E-state index in [2.05, 4.69) is 0 Å². The van der Waals surface area contributed by atoms with E-state index < -0.39 is 22.4 Å². The lowest BCUT2D eigenvalue weighted by Gasteiger charge is -2.33. The molecule has 1 atom stereocenters. The maximum Gasteiger partial charge on any atom is 0.447 e. The molecule has 0 amide bonds. The molecule has 25 heavy (non-hydrogen) atoms. The van der Waals surface area contributed by atoms with Crippen LogP contribution in [0.2, 0.25) is 5.02 Å². The summed E-state index contributed by atoms with van der Waals surface area (Å²) in [4.78, 5) is 27.3. The van der Waals surface area contributed by atoms with E-state index in [4.69, 9.17) is 28.3 Å². The van der Waals surface area contributed by atoms with Crippen molar-refractivity contribution in [1.29, 1.82) is 0 Å². The average Bonchev–Trinajstić information content (AvgIpc) is 2.90. The van der Waals surface area contributed by atoms with Crippen LogP contribution in [0.5, 0.6) is 0 Å². The largest absolute Gasteiger partial charge is 0.447 e. The molecule has 2 aromatic rings. The van der Waals surface area contributed by atoms with E-state index in [0.29, 0.717) is 15.0 Å². The normalized spacial score (nSPS) is 19.8. The second-order valence-electron chi connectivity index (χ2n) is 6.63. The van der Waals surface area contributed by atoms with Crippen molar-refractivity contribution in [2.75, 3.05) is 0 Å². The predicted molar refractivity (Wildman–Crippen MR) is 104 cm³/mol. The highest BCUT2D eigenvalue weighted by atomic mass is 35.5. The van der Waals surface area contributed by atoms with Crippen LogP contribution in [0, 0.1) is 0 Å². The van der Waals surface area contributed by atoms with Crippen LogP contribution in [0.4, 0.5) is 0 Å². The molecular formula is C16H18ClN3O3S2. The number of rotatable bonds is 3. The molecule has 9 heteroatoms. The topological polar surface area (TPSA) is 60.4 Å². The Morgan fingerprint density at radius 2 is 2.00 bits per heavy atom. The summed E-state index contributed by atoms with van der Waals surface area (Å²) < 4.78 is 7.69. The van der Waals surface area contributed by atoms with Gasteiger partial charge in [0, 0.05) is 11.1 Å². The van der Waals surface area contributed by atoms with Crippen LogP contribution in [-0.2, 0) is 0 Å². The Hall–Kier alpha value is -1.51. The SMILES string of the molecule is CC(C)N1C(=S)SC(C)(C)[C@@H]1n1oc(=O)n(-c2cccc(Cl)c2)c1=O. The van der Waals surface area contributed by atoms with Crippen molar-refractivity contribution in [2.24, 2.45) is 0 Å². The number of hydrogen-bond donors (Lipinski definition) is 0. The molecular weight excluding hydrogens is 382 g/mol. The lowest BCUT2D eigenvalue weighted by atomic mass is 10.1. The van der Waals surface area contributed by atoms with Gasteiger partial charge in [-0.05, 0) is 45.9 Å². The van der Waals surface area contributed by atoms with E-state index in [9.17, 15) is 9.59 Å². The van der Waals surface area contributed by atoms with Crippen molar-refractivity contribution in [1.82, 2.24) is 14.2 Å². The van der Waals surface area contributed by atoms with Crippen LogP contribution in [0.3, 0.4) is 0 Å². The Bertz CT molecular complexity index is 945. The van der Waals surface area contributed by atoms with Crippen molar-refractivity contribution >= 4 is 39.9 Å². The first-order valence-corrected chi connectivity index (χ1v) is 9.36. The summed E-state index contributed by atoms with van der Waals surface area (Å²) in [5, 5.41) is 0.429. The summed E-state index contributed by atoms with van der Waals surface area (Å²) in [5.41, 5.74) is -0.187. The minimum absolute atomic E-state index is 0.0542. The summed E-state index contributed by atoms with van der Waals surface area (Å²) in [6.45, 7) is 7.91. The Labute approximate surface area is 159 Å². The third-order valence-electron chi connectivity index (χ3n) is 4.03. The molecule has 0 bridgehead atoms. The molecule has 1 aromatic heterocycles. The number of halogens is 1. The predicted octanol–water partition coefficient (Wildman–Crippen LogP) is 3.26. The first-order chi connectivity index (χ1) is 11.6. The van der Waals surface area contributed by atoms with Crippen molar-refractivity contribution in [3.63, 3.8) is 0 Å². The van der Waals surface area contributed by atoms with E-state index in [0.717, 1.165) is 9.31 Å². The summed E-state index contributed by atoms with van der Waals surface area (Å²) in [7, 11) is 0. The van der Waals surface area contributed by atoms with E-state index in [1.54, 1.807) is 24.3 Å². The Morgan fingerprint density at radius 3 is 2.60 bits per heavy atom. The highest BCUT2D eigenvalue weighted by molar-refractivity contribution is 8.24. The smallest absolute Gasteiger partial charge is 0.330 e. The molecule has 1 aliphatic heterocycles. The van der Waals surface area contributed by atoms with Gasteiger partial charge in [0.05, 0.1) is 10.4 Å². The molecule has 1 aromatic carbocycles. The quantitative estimate of drug-likeness (QED) is 0.738. The number of hydrogen-bond acceptors (Lipinski definition) is 5. The summed E-state index contributed by atoms with van der Waals surface area (Å²) >= 11 is 12.9. The van der Waals surface area contributed by atoms with Crippen molar-refractivity contribution in [3.05, 3.63) is 50.3 Å². The maximum absolute atomic E-state index is 13.0. The molecule has 0 spiro atoms. The zero-order valence-corrected chi connectivity index (χ0v) is 16.6. The fourth-order valence-corrected chi connectivity index (χ4v) is 5.30. The maximum atomic E-state index is 13.0. The third-order valence-corrected chi connectivity index (χ3v) is 5.85. The monoisotopic (exact) mass is 399 g/mol. The molecule has 1 saturated heterocycles. The van der Waals surface area contributed by atoms with Crippen LogP contribution in [-0.4, -0.2) is 29.3 Å². The van der Waals surface area contributed by atoms with Gasteiger partial charge in [-0.3, -0.25) is 0 Å². The van der Waals surface area contributed by atoms with Crippen molar-refractivity contribution in [2.45, 2.75) is 44.6 Å². The fourth-order valence-electron chi connectivity index (χ4n) is 2.98. The molecule has 6 nitrogen and oxygen atoms in total. The van der Waals surface area contributed by atoms with Gasteiger partial charge in [0.2, 0.25) is 0 Å². The lowest BCUT2D eigenvalue weighted by Crippen LogP contribution is -2.45. The molecule has 0 unspecified atom stereocenters. The summed E-state index contributed by atoms with van der Waals surface area (Å²) in [6, 6.07) is 6.58. The Kier molecular flexibility index (Phi) is 4.63. The minimum Gasteiger partial charge on any atom is -0.330 e. The highest BCUT2D eigenvalue weighted by Crippen LogP contribution is 2.47. The number of thioether (sulfide) groups is 1. The minimum atomic E-state index is -0.755. The number of benzene rings is 1. The van der Waals surface area contributed by atoms with Crippen LogP contribution < -0.4 is 11.4 Å². The first kappa shape index (κ1) is 18.3. The molecule has 0 radical (unpaired) electrons. The van der Waals surface area contributed by atoms with E-state index >= 15 is 0 Å². The van der Waals surface area contributed by atoms with Gasteiger partial charge in [-0.15, -0.1) is 4.74 Å². The number of aromatic nitrogens is 2. The van der Waals surface area contributed by atoms with Crippen LogP contribution in [0.25, 0.3) is 5.69 Å². The third kappa shape index (κ3) is 3.07. The van der Waals surface area contributed by atoms with Gasteiger partial charge >= 0.3 is 11.4 Å². The first-order valence-electron chi connectivity index (χ1n) is 7.75. The van der Waals surface area contributed by atoms with Crippen molar-refractivity contribution < 1.29 is 4.52 Å². The lowest BCUT2D eigenvalue weighted by molar-refractivity contribution is 0.0744. The summed E-state index contributed by atoms with van der Waals surface area (Å²) in [5.74, 6) is -0.755. The number of nitrogens with zero attached hydrogens (tertiary/aromatic N) is 3. The molecule has 1 fully saturated rings. The van der Waals surface area contributed by atoms with Gasteiger partial charge in [0.15, 0.2) is 6.17 Å². The van der Waals surface area contributed by atoms with E-state index in [1.165, 1.54) is 11.8 Å². The molecule has 0 aliphatic carbocycles. The van der Waals surface area contributed by atoms with Gasteiger partial charge in [0.25, 0.3) is 0 Å². The molecule has 0 saturated carbocycles. The number of thiocarbonyl (C=S) groups is 1. The van der Waals surface area contributed by atoms with Crippen LogP contribution >= 0.6 is 35.6 Å². The Morgan fingerprint density at radius 1 is 1.32 bits per heavy atom. The van der Waals surface area contributed by atoms with Gasteiger partial charge in [-0.1, -0.05) is 41.6 Å². The van der Waals surface area contributed by atoms with Gasteiger partial charge in [-0.25, -0.2) is 9.59 Å². The highest BCUT2D eigenvalue weighted by Gasteiger charge is 2.49. The van der Waals surface area contributed by atoms with E-state index in [1.807, 2.05) is 32.6 Å². The zero-order chi connectivity index (χ0) is 18.5. The molecule has 2 heterocycles. The average molecular weight is 400 g/mol. The molecule has 134 valence electrons. The standard InChI is InChI=1S/C16H18ClN3O3S2/c1-9(2)18-12(16(3,4)25-15(18)24)20-13(21)19(14(22)23-20)11-7-5-6-10(17)8-11/h5-9,12H,1-4H3/t12-/m0/s1. The van der Waals surface area contributed by atoms with E-state index in [-0.39, 0.29) is 6.04 Å². The van der Waals surface area contributed by atoms with Crippen LogP contribution in [0.1, 0.15) is 33.9 Å². The van der Waals surface area contributed by atoms with Crippen molar-refractivity contribution in [3.8, 4) is 5.69 Å².